The Morgan fingerprint density at radius 1 is 1.03 bits per heavy atom. The zero-order valence-electron chi connectivity index (χ0n) is 16.0. The number of likely N-dealkylation sites (tertiary alicyclic amines) is 1. The molecule has 0 saturated carbocycles. The van der Waals surface area contributed by atoms with Gasteiger partial charge in [0.1, 0.15) is 5.82 Å². The predicted octanol–water partition coefficient (Wildman–Crippen LogP) is 2.70. The standard InChI is InChI=1S/C22H22FN3O3/c23-18-5-1-2-6-19(18)26-14-17(12-20(26)27)22(29)25-10-7-15(8-11-25)21(28)16-4-3-9-24-13-16/h1-6,9,13,15,17H,7-8,10-12,14H2/t17-/m1/s1. The van der Waals surface area contributed by atoms with Gasteiger partial charge in [-0.15, -0.1) is 0 Å². The van der Waals surface area contributed by atoms with Gasteiger partial charge in [-0.3, -0.25) is 19.4 Å². The fourth-order valence-corrected chi connectivity index (χ4v) is 4.14. The minimum atomic E-state index is -0.479. The van der Waals surface area contributed by atoms with E-state index in [2.05, 4.69) is 4.98 Å². The summed E-state index contributed by atoms with van der Waals surface area (Å²) in [5, 5.41) is 0. The molecule has 7 heteroatoms. The van der Waals surface area contributed by atoms with E-state index in [0.717, 1.165) is 0 Å². The van der Waals surface area contributed by atoms with E-state index in [-0.39, 0.29) is 42.2 Å². The summed E-state index contributed by atoms with van der Waals surface area (Å²) >= 11 is 0. The van der Waals surface area contributed by atoms with E-state index in [0.29, 0.717) is 31.5 Å². The number of hydrogen-bond donors (Lipinski definition) is 0. The minimum Gasteiger partial charge on any atom is -0.342 e. The molecule has 150 valence electrons. The van der Waals surface area contributed by atoms with E-state index in [1.165, 1.54) is 11.0 Å². The third-order valence-corrected chi connectivity index (χ3v) is 5.74. The summed E-state index contributed by atoms with van der Waals surface area (Å²) in [6, 6.07) is 9.60. The van der Waals surface area contributed by atoms with Gasteiger partial charge in [-0.1, -0.05) is 12.1 Å². The van der Waals surface area contributed by atoms with Crippen LogP contribution >= 0.6 is 0 Å². The molecule has 6 nitrogen and oxygen atoms in total. The van der Waals surface area contributed by atoms with Crippen LogP contribution in [0.2, 0.25) is 0 Å². The molecule has 2 amide bonds. The average molecular weight is 395 g/mol. The molecule has 1 aromatic carbocycles. The van der Waals surface area contributed by atoms with Crippen LogP contribution in [0, 0.1) is 17.7 Å². The summed E-state index contributed by atoms with van der Waals surface area (Å²) in [5.74, 6) is -1.34. The number of amides is 2. The Hall–Kier alpha value is -3.09. The molecule has 2 aromatic rings. The van der Waals surface area contributed by atoms with Crippen molar-refractivity contribution < 1.29 is 18.8 Å². The zero-order chi connectivity index (χ0) is 20.4. The van der Waals surface area contributed by atoms with Gasteiger partial charge in [0, 0.05) is 49.9 Å². The first-order valence-corrected chi connectivity index (χ1v) is 9.82. The van der Waals surface area contributed by atoms with Crippen LogP contribution < -0.4 is 4.90 Å². The largest absolute Gasteiger partial charge is 0.342 e. The van der Waals surface area contributed by atoms with Crippen LogP contribution in [0.25, 0.3) is 0 Å². The van der Waals surface area contributed by atoms with Gasteiger partial charge in [0.15, 0.2) is 5.78 Å². The molecule has 2 aliphatic heterocycles. The van der Waals surface area contributed by atoms with Crippen molar-refractivity contribution in [2.24, 2.45) is 11.8 Å². The number of carbonyl (C=O) groups excluding carboxylic acids is 3. The lowest BCUT2D eigenvalue weighted by atomic mass is 9.89. The molecule has 0 bridgehead atoms. The number of ketones is 1. The lowest BCUT2D eigenvalue weighted by Crippen LogP contribution is -2.43. The molecular weight excluding hydrogens is 373 g/mol. The van der Waals surface area contributed by atoms with Gasteiger partial charge in [0.2, 0.25) is 11.8 Å². The highest BCUT2D eigenvalue weighted by Gasteiger charge is 2.39. The van der Waals surface area contributed by atoms with Crippen LogP contribution in [0.3, 0.4) is 0 Å². The average Bonchev–Trinajstić information content (AvgIpc) is 3.15. The fraction of sp³-hybridized carbons (Fsp3) is 0.364. The number of rotatable bonds is 4. The molecule has 4 rings (SSSR count). The van der Waals surface area contributed by atoms with Crippen LogP contribution in [-0.4, -0.2) is 47.1 Å². The summed E-state index contributed by atoms with van der Waals surface area (Å²) in [6.45, 7) is 1.16. The SMILES string of the molecule is O=C(c1cccnc1)C1CCN(C(=O)[C@@H]2CC(=O)N(c3ccccc3F)C2)CC1. The van der Waals surface area contributed by atoms with Crippen LogP contribution in [0.1, 0.15) is 29.6 Å². The van der Waals surface area contributed by atoms with Crippen molar-refractivity contribution in [1.29, 1.82) is 0 Å². The second kappa shape index (κ2) is 8.11. The lowest BCUT2D eigenvalue weighted by Gasteiger charge is -2.33. The Morgan fingerprint density at radius 2 is 1.79 bits per heavy atom. The Kier molecular flexibility index (Phi) is 5.38. The summed E-state index contributed by atoms with van der Waals surface area (Å²) in [4.78, 5) is 44.9. The quantitative estimate of drug-likeness (QED) is 0.747. The number of para-hydroxylation sites is 1. The number of anilines is 1. The molecule has 0 N–H and O–H groups in total. The Bertz CT molecular complexity index is 926. The van der Waals surface area contributed by atoms with Gasteiger partial charge in [-0.2, -0.15) is 0 Å². The first-order valence-electron chi connectivity index (χ1n) is 9.82. The molecule has 29 heavy (non-hydrogen) atoms. The monoisotopic (exact) mass is 395 g/mol. The molecular formula is C22H22FN3O3. The number of hydrogen-bond acceptors (Lipinski definition) is 4. The summed E-state index contributed by atoms with van der Waals surface area (Å²) in [7, 11) is 0. The number of aromatic nitrogens is 1. The third-order valence-electron chi connectivity index (χ3n) is 5.74. The molecule has 1 aromatic heterocycles. The molecule has 0 unspecified atom stereocenters. The van der Waals surface area contributed by atoms with Crippen molar-refractivity contribution in [1.82, 2.24) is 9.88 Å². The number of benzene rings is 1. The van der Waals surface area contributed by atoms with Crippen molar-refractivity contribution in [3.63, 3.8) is 0 Å². The van der Waals surface area contributed by atoms with Gasteiger partial charge < -0.3 is 9.80 Å². The highest BCUT2D eigenvalue weighted by molar-refractivity contribution is 6.00. The van der Waals surface area contributed by atoms with Crippen molar-refractivity contribution >= 4 is 23.3 Å². The second-order valence-electron chi connectivity index (χ2n) is 7.56. The molecule has 2 aliphatic rings. The molecule has 0 radical (unpaired) electrons. The van der Waals surface area contributed by atoms with E-state index in [1.54, 1.807) is 47.6 Å². The molecule has 0 spiro atoms. The molecule has 3 heterocycles. The smallest absolute Gasteiger partial charge is 0.228 e. The fourth-order valence-electron chi connectivity index (χ4n) is 4.14. The van der Waals surface area contributed by atoms with Crippen molar-refractivity contribution in [3.8, 4) is 0 Å². The van der Waals surface area contributed by atoms with Gasteiger partial charge in [0.05, 0.1) is 11.6 Å². The second-order valence-corrected chi connectivity index (χ2v) is 7.56. The zero-order valence-corrected chi connectivity index (χ0v) is 16.0. The summed E-state index contributed by atoms with van der Waals surface area (Å²) < 4.78 is 14.0. The number of halogens is 1. The normalized spacial score (nSPS) is 20.2. The van der Waals surface area contributed by atoms with Crippen LogP contribution in [-0.2, 0) is 9.59 Å². The number of pyridine rings is 1. The Labute approximate surface area is 168 Å². The lowest BCUT2D eigenvalue weighted by molar-refractivity contribution is -0.137. The van der Waals surface area contributed by atoms with Crippen LogP contribution in [0.15, 0.2) is 48.8 Å². The van der Waals surface area contributed by atoms with Gasteiger partial charge >= 0.3 is 0 Å². The minimum absolute atomic E-state index is 0.0620. The predicted molar refractivity (Wildman–Crippen MR) is 105 cm³/mol. The highest BCUT2D eigenvalue weighted by Crippen LogP contribution is 2.30. The van der Waals surface area contributed by atoms with Gasteiger partial charge in [-0.25, -0.2) is 4.39 Å². The summed E-state index contributed by atoms with van der Waals surface area (Å²) in [6.07, 6.45) is 4.48. The van der Waals surface area contributed by atoms with Gasteiger partial charge in [-0.05, 0) is 37.1 Å². The maximum absolute atomic E-state index is 14.0. The Balaban J connectivity index is 1.36. The summed E-state index contributed by atoms with van der Waals surface area (Å²) in [5.41, 5.74) is 0.813. The van der Waals surface area contributed by atoms with E-state index < -0.39 is 11.7 Å². The number of carbonyl (C=O) groups is 3. The first kappa shape index (κ1) is 19.2. The van der Waals surface area contributed by atoms with Crippen molar-refractivity contribution in [2.45, 2.75) is 19.3 Å². The van der Waals surface area contributed by atoms with E-state index >= 15 is 0 Å². The maximum atomic E-state index is 14.0. The van der Waals surface area contributed by atoms with E-state index in [9.17, 15) is 18.8 Å². The molecule has 2 saturated heterocycles. The number of piperidine rings is 1. The van der Waals surface area contributed by atoms with Crippen molar-refractivity contribution in [3.05, 3.63) is 60.2 Å². The molecule has 1 atom stereocenters. The number of Topliss-reactive ketones (excluding diaryl/α,β-unsaturated/α-hetero) is 1. The van der Waals surface area contributed by atoms with Crippen molar-refractivity contribution in [2.75, 3.05) is 24.5 Å². The first-order chi connectivity index (χ1) is 14.0. The molecule has 2 fully saturated rings. The molecule has 0 aliphatic carbocycles. The maximum Gasteiger partial charge on any atom is 0.228 e. The third kappa shape index (κ3) is 3.90. The van der Waals surface area contributed by atoms with Crippen LogP contribution in [0.4, 0.5) is 10.1 Å². The topological polar surface area (TPSA) is 70.6 Å². The van der Waals surface area contributed by atoms with E-state index in [1.807, 2.05) is 0 Å². The van der Waals surface area contributed by atoms with Gasteiger partial charge in [0.25, 0.3) is 0 Å². The van der Waals surface area contributed by atoms with Crippen LogP contribution in [0.5, 0.6) is 0 Å². The van der Waals surface area contributed by atoms with E-state index in [4.69, 9.17) is 0 Å². The highest BCUT2D eigenvalue weighted by atomic mass is 19.1. The Morgan fingerprint density at radius 3 is 2.48 bits per heavy atom. The number of nitrogens with zero attached hydrogens (tertiary/aromatic N) is 3.